The molecule has 8 nitrogen and oxygen atoms in total. The molecule has 0 aliphatic carbocycles. The van der Waals surface area contributed by atoms with Gasteiger partial charge in [0.05, 0.1) is 6.61 Å². The van der Waals surface area contributed by atoms with Gasteiger partial charge in [0.15, 0.2) is 6.10 Å². The molecule has 0 saturated carbocycles. The van der Waals surface area contributed by atoms with Crippen LogP contribution in [0.1, 0.15) is 0 Å². The van der Waals surface area contributed by atoms with Gasteiger partial charge < -0.3 is 33.5 Å². The zero-order chi connectivity index (χ0) is 15.3. The van der Waals surface area contributed by atoms with Crippen molar-refractivity contribution in [1.29, 1.82) is 0 Å². The molecule has 0 unspecified atom stereocenters. The van der Waals surface area contributed by atoms with Gasteiger partial charge in [0.2, 0.25) is 0 Å². The highest BCUT2D eigenvalue weighted by atomic mass is 16.8. The number of methoxy groups -OCH3 is 5. The molecular formula is C12H22O8. The van der Waals surface area contributed by atoms with Gasteiger partial charge in [-0.3, -0.25) is 0 Å². The van der Waals surface area contributed by atoms with Gasteiger partial charge in [0, 0.05) is 35.5 Å². The van der Waals surface area contributed by atoms with Crippen molar-refractivity contribution in [3.63, 3.8) is 0 Å². The Morgan fingerprint density at radius 2 is 1.70 bits per heavy atom. The lowest BCUT2D eigenvalue weighted by Gasteiger charge is -2.48. The van der Waals surface area contributed by atoms with E-state index in [1.807, 2.05) is 0 Å². The van der Waals surface area contributed by atoms with Crippen LogP contribution in [0.15, 0.2) is 0 Å². The summed E-state index contributed by atoms with van der Waals surface area (Å²) < 4.78 is 31.7. The number of hydrogen-bond donors (Lipinski definition) is 1. The molecule has 0 aromatic rings. The van der Waals surface area contributed by atoms with Crippen molar-refractivity contribution in [3.05, 3.63) is 0 Å². The molecule has 5 atom stereocenters. The third-order valence-corrected chi connectivity index (χ3v) is 3.42. The van der Waals surface area contributed by atoms with Crippen LogP contribution in [-0.2, 0) is 33.2 Å². The summed E-state index contributed by atoms with van der Waals surface area (Å²) in [6.45, 7) is 0.132. The Kier molecular flexibility index (Phi) is 6.31. The molecule has 8 heteroatoms. The first kappa shape index (κ1) is 17.3. The van der Waals surface area contributed by atoms with Crippen LogP contribution in [0.5, 0.6) is 0 Å². The van der Waals surface area contributed by atoms with Crippen LogP contribution in [-0.4, -0.2) is 83.4 Å². The quantitative estimate of drug-likeness (QED) is 0.672. The Hall–Kier alpha value is -0.770. The van der Waals surface area contributed by atoms with Gasteiger partial charge in [-0.25, -0.2) is 4.79 Å². The molecule has 0 aromatic heterocycles. The van der Waals surface area contributed by atoms with E-state index in [1.54, 1.807) is 0 Å². The van der Waals surface area contributed by atoms with Gasteiger partial charge in [-0.1, -0.05) is 0 Å². The summed E-state index contributed by atoms with van der Waals surface area (Å²) in [5.41, 5.74) is 0. The van der Waals surface area contributed by atoms with Crippen LogP contribution in [0.3, 0.4) is 0 Å². The first-order valence-electron chi connectivity index (χ1n) is 6.06. The van der Waals surface area contributed by atoms with Crippen molar-refractivity contribution in [2.75, 3.05) is 42.2 Å². The van der Waals surface area contributed by atoms with Crippen LogP contribution in [0.25, 0.3) is 0 Å². The first-order valence-corrected chi connectivity index (χ1v) is 6.06. The van der Waals surface area contributed by atoms with E-state index >= 15 is 0 Å². The van der Waals surface area contributed by atoms with E-state index in [0.717, 1.165) is 0 Å². The predicted octanol–water partition coefficient (Wildman–Crippen LogP) is -0.496. The summed E-state index contributed by atoms with van der Waals surface area (Å²) in [6.07, 6.45) is -2.90. The molecule has 1 saturated heterocycles. The van der Waals surface area contributed by atoms with Gasteiger partial charge in [0.25, 0.3) is 5.79 Å². The van der Waals surface area contributed by atoms with Gasteiger partial charge in [-0.2, -0.15) is 0 Å². The second-order valence-electron chi connectivity index (χ2n) is 4.35. The average molecular weight is 294 g/mol. The number of aliphatic carboxylic acids is 1. The standard InChI is InChI=1S/C12H22O8/c1-15-6-7-8(16-2)9(17-3)10(18-4)12(19-5,20-7)11(13)14/h7-10H,6H2,1-5H3,(H,13,14)/t7-,8-,9+,10+,12-/m1/s1. The zero-order valence-corrected chi connectivity index (χ0v) is 12.3. The Morgan fingerprint density at radius 1 is 1.10 bits per heavy atom. The van der Waals surface area contributed by atoms with E-state index < -0.39 is 36.2 Å². The maximum absolute atomic E-state index is 11.6. The third kappa shape index (κ3) is 2.80. The van der Waals surface area contributed by atoms with Crippen molar-refractivity contribution in [2.24, 2.45) is 0 Å². The minimum absolute atomic E-state index is 0.132. The van der Waals surface area contributed by atoms with Crippen LogP contribution in [0.4, 0.5) is 0 Å². The van der Waals surface area contributed by atoms with Gasteiger partial charge >= 0.3 is 5.97 Å². The van der Waals surface area contributed by atoms with Crippen molar-refractivity contribution in [1.82, 2.24) is 0 Å². The van der Waals surface area contributed by atoms with Crippen LogP contribution < -0.4 is 0 Å². The second-order valence-corrected chi connectivity index (χ2v) is 4.35. The molecule has 0 aromatic carbocycles. The highest BCUT2D eigenvalue weighted by Crippen LogP contribution is 2.35. The van der Waals surface area contributed by atoms with E-state index in [4.69, 9.17) is 28.4 Å². The third-order valence-electron chi connectivity index (χ3n) is 3.42. The summed E-state index contributed by atoms with van der Waals surface area (Å²) in [4.78, 5) is 11.6. The summed E-state index contributed by atoms with van der Waals surface area (Å²) in [5, 5.41) is 9.48. The highest BCUT2D eigenvalue weighted by molar-refractivity contribution is 5.77. The van der Waals surface area contributed by atoms with Crippen molar-refractivity contribution < 1.29 is 38.3 Å². The van der Waals surface area contributed by atoms with E-state index in [1.165, 1.54) is 35.5 Å². The summed E-state index contributed by atoms with van der Waals surface area (Å²) in [7, 11) is 7.01. The normalized spacial score (nSPS) is 37.9. The molecule has 1 N–H and O–H groups in total. The molecule has 1 fully saturated rings. The zero-order valence-electron chi connectivity index (χ0n) is 12.3. The summed E-state index contributed by atoms with van der Waals surface area (Å²) >= 11 is 0. The van der Waals surface area contributed by atoms with Crippen molar-refractivity contribution >= 4 is 5.97 Å². The minimum atomic E-state index is -1.98. The Bertz CT molecular complexity index is 323. The fraction of sp³-hybridized carbons (Fsp3) is 0.917. The number of ether oxygens (including phenoxy) is 6. The lowest BCUT2D eigenvalue weighted by molar-refractivity contribution is -0.354. The lowest BCUT2D eigenvalue weighted by atomic mass is 9.91. The van der Waals surface area contributed by atoms with Gasteiger partial charge in [-0.15, -0.1) is 0 Å². The Balaban J connectivity index is 3.21. The molecule has 1 rings (SSSR count). The maximum Gasteiger partial charge on any atom is 0.367 e. The average Bonchev–Trinajstić information content (AvgIpc) is 2.45. The topological polar surface area (TPSA) is 92.7 Å². The summed E-state index contributed by atoms with van der Waals surface area (Å²) in [6, 6.07) is 0. The molecule has 0 amide bonds. The monoisotopic (exact) mass is 294 g/mol. The van der Waals surface area contributed by atoms with Crippen molar-refractivity contribution in [3.8, 4) is 0 Å². The van der Waals surface area contributed by atoms with E-state index in [9.17, 15) is 9.90 Å². The maximum atomic E-state index is 11.6. The fourth-order valence-corrected chi connectivity index (χ4v) is 2.51. The number of carboxylic acid groups (broad SMARTS) is 1. The molecule has 0 spiro atoms. The number of rotatable bonds is 7. The molecule has 118 valence electrons. The molecule has 1 aliphatic rings. The molecule has 0 radical (unpaired) electrons. The SMILES string of the molecule is COC[C@H]1O[C@@](OC)(C(=O)O)[C@@H](OC)[C@@H](OC)[C@@H]1OC. The second kappa shape index (κ2) is 7.30. The largest absolute Gasteiger partial charge is 0.477 e. The van der Waals surface area contributed by atoms with E-state index in [2.05, 4.69) is 0 Å². The van der Waals surface area contributed by atoms with Crippen LogP contribution in [0.2, 0.25) is 0 Å². The summed E-state index contributed by atoms with van der Waals surface area (Å²) in [5.74, 6) is -3.28. The van der Waals surface area contributed by atoms with Gasteiger partial charge in [-0.05, 0) is 0 Å². The minimum Gasteiger partial charge on any atom is -0.477 e. The van der Waals surface area contributed by atoms with E-state index in [0.29, 0.717) is 0 Å². The van der Waals surface area contributed by atoms with Crippen molar-refractivity contribution in [2.45, 2.75) is 30.2 Å². The number of carboxylic acids is 1. The smallest absolute Gasteiger partial charge is 0.367 e. The highest BCUT2D eigenvalue weighted by Gasteiger charge is 2.61. The lowest BCUT2D eigenvalue weighted by Crippen LogP contribution is -2.70. The van der Waals surface area contributed by atoms with Gasteiger partial charge in [0.1, 0.15) is 18.3 Å². The number of carbonyl (C=O) groups is 1. The first-order chi connectivity index (χ1) is 9.52. The fourth-order valence-electron chi connectivity index (χ4n) is 2.51. The van der Waals surface area contributed by atoms with Crippen LogP contribution in [0, 0.1) is 0 Å². The molecule has 1 heterocycles. The van der Waals surface area contributed by atoms with Crippen LogP contribution >= 0.6 is 0 Å². The Morgan fingerprint density at radius 3 is 2.05 bits per heavy atom. The molecule has 20 heavy (non-hydrogen) atoms. The van der Waals surface area contributed by atoms with E-state index in [-0.39, 0.29) is 6.61 Å². The molecular weight excluding hydrogens is 272 g/mol. The molecule has 0 bridgehead atoms. The molecule has 1 aliphatic heterocycles. The number of hydrogen-bond acceptors (Lipinski definition) is 7. The predicted molar refractivity (Wildman–Crippen MR) is 66.5 cm³/mol. The Labute approximate surface area is 117 Å².